The molecular formula is C18H25ClN2O3. The van der Waals surface area contributed by atoms with Gasteiger partial charge in [0, 0.05) is 29.6 Å². The van der Waals surface area contributed by atoms with Crippen molar-refractivity contribution in [1.29, 1.82) is 0 Å². The van der Waals surface area contributed by atoms with E-state index in [0.29, 0.717) is 23.9 Å². The molecule has 132 valence electrons. The maximum atomic E-state index is 12.8. The van der Waals surface area contributed by atoms with Crippen molar-refractivity contribution < 1.29 is 14.6 Å². The minimum Gasteiger partial charge on any atom is -0.394 e. The highest BCUT2D eigenvalue weighted by Gasteiger charge is 2.21. The highest BCUT2D eigenvalue weighted by molar-refractivity contribution is 6.31. The molecule has 0 fully saturated rings. The number of amides is 1. The lowest BCUT2D eigenvalue weighted by molar-refractivity contribution is 0.0880. The van der Waals surface area contributed by atoms with Crippen LogP contribution in [0.1, 0.15) is 30.8 Å². The van der Waals surface area contributed by atoms with Crippen LogP contribution in [0.5, 0.6) is 0 Å². The molecule has 1 aromatic heterocycles. The van der Waals surface area contributed by atoms with Gasteiger partial charge in [0.1, 0.15) is 5.69 Å². The van der Waals surface area contributed by atoms with E-state index in [9.17, 15) is 9.90 Å². The summed E-state index contributed by atoms with van der Waals surface area (Å²) in [6, 6.07) is 7.12. The lowest BCUT2D eigenvalue weighted by Crippen LogP contribution is -2.42. The van der Waals surface area contributed by atoms with E-state index >= 15 is 0 Å². The Morgan fingerprint density at radius 2 is 2.17 bits per heavy atom. The summed E-state index contributed by atoms with van der Waals surface area (Å²) < 4.78 is 7.09. The Bertz CT molecular complexity index is 699. The molecule has 2 aromatic rings. The third-order valence-corrected chi connectivity index (χ3v) is 4.69. The number of aliphatic hydroxyl groups is 1. The van der Waals surface area contributed by atoms with Crippen molar-refractivity contribution in [2.75, 3.05) is 20.3 Å². The van der Waals surface area contributed by atoms with Gasteiger partial charge in [-0.25, -0.2) is 0 Å². The minimum absolute atomic E-state index is 0.0785. The molecule has 24 heavy (non-hydrogen) atoms. The van der Waals surface area contributed by atoms with E-state index < -0.39 is 0 Å². The summed E-state index contributed by atoms with van der Waals surface area (Å²) in [5.74, 6) is 0.00275. The fourth-order valence-electron chi connectivity index (χ4n) is 2.75. The molecule has 1 aromatic carbocycles. The normalized spacial score (nSPS) is 13.9. The number of methoxy groups -OCH3 is 1. The van der Waals surface area contributed by atoms with Crippen LogP contribution in [0.2, 0.25) is 5.02 Å². The SMILES string of the molecule is CC[C@H](C)[C@H](CO)NC(=O)c1cc2cc(Cl)ccc2n1CCOC. The summed E-state index contributed by atoms with van der Waals surface area (Å²) in [6.07, 6.45) is 0.883. The van der Waals surface area contributed by atoms with Crippen molar-refractivity contribution in [3.05, 3.63) is 35.0 Å². The van der Waals surface area contributed by atoms with Crippen LogP contribution < -0.4 is 5.32 Å². The largest absolute Gasteiger partial charge is 0.394 e. The third kappa shape index (κ3) is 4.09. The maximum Gasteiger partial charge on any atom is 0.268 e. The molecular weight excluding hydrogens is 328 g/mol. The molecule has 1 heterocycles. The van der Waals surface area contributed by atoms with Crippen LogP contribution in [0, 0.1) is 5.92 Å². The molecule has 5 nitrogen and oxygen atoms in total. The molecule has 0 aliphatic heterocycles. The van der Waals surface area contributed by atoms with Gasteiger partial charge >= 0.3 is 0 Å². The molecule has 6 heteroatoms. The summed E-state index contributed by atoms with van der Waals surface area (Å²) in [4.78, 5) is 12.8. The molecule has 2 atom stereocenters. The van der Waals surface area contributed by atoms with Gasteiger partial charge in [0.15, 0.2) is 0 Å². The monoisotopic (exact) mass is 352 g/mol. The van der Waals surface area contributed by atoms with Crippen molar-refractivity contribution in [1.82, 2.24) is 9.88 Å². The lowest BCUT2D eigenvalue weighted by atomic mass is 10.00. The molecule has 0 unspecified atom stereocenters. The number of halogens is 1. The molecule has 0 saturated heterocycles. The Kier molecular flexibility index (Phi) is 6.66. The Morgan fingerprint density at radius 1 is 1.42 bits per heavy atom. The fourth-order valence-corrected chi connectivity index (χ4v) is 2.93. The number of fused-ring (bicyclic) bond motifs is 1. The van der Waals surface area contributed by atoms with E-state index in [0.717, 1.165) is 17.3 Å². The van der Waals surface area contributed by atoms with E-state index in [4.69, 9.17) is 16.3 Å². The molecule has 0 bridgehead atoms. The molecule has 2 rings (SSSR count). The van der Waals surface area contributed by atoms with Crippen LogP contribution >= 0.6 is 11.6 Å². The summed E-state index contributed by atoms with van der Waals surface area (Å²) in [7, 11) is 1.63. The Labute approximate surface area is 147 Å². The molecule has 2 N–H and O–H groups in total. The maximum absolute atomic E-state index is 12.8. The van der Waals surface area contributed by atoms with Gasteiger partial charge in [-0.05, 0) is 30.2 Å². The van der Waals surface area contributed by atoms with Crippen LogP contribution in [-0.4, -0.2) is 41.9 Å². The van der Waals surface area contributed by atoms with Crippen molar-refractivity contribution in [2.24, 2.45) is 5.92 Å². The summed E-state index contributed by atoms with van der Waals surface area (Å²) in [6.45, 7) is 5.04. The zero-order valence-electron chi connectivity index (χ0n) is 14.4. The van der Waals surface area contributed by atoms with Crippen LogP contribution in [0.3, 0.4) is 0 Å². The smallest absolute Gasteiger partial charge is 0.268 e. The number of nitrogens with one attached hydrogen (secondary N) is 1. The van der Waals surface area contributed by atoms with E-state index in [1.165, 1.54) is 0 Å². The Morgan fingerprint density at radius 3 is 2.79 bits per heavy atom. The Balaban J connectivity index is 2.36. The predicted molar refractivity (Wildman–Crippen MR) is 96.6 cm³/mol. The van der Waals surface area contributed by atoms with Crippen LogP contribution in [0.25, 0.3) is 10.9 Å². The first-order chi connectivity index (χ1) is 11.5. The second-order valence-corrected chi connectivity index (χ2v) is 6.46. The predicted octanol–water partition coefficient (Wildman–Crippen LogP) is 3.08. The molecule has 1 amide bonds. The van der Waals surface area contributed by atoms with E-state index in [2.05, 4.69) is 5.32 Å². The minimum atomic E-state index is -0.264. The van der Waals surface area contributed by atoms with Crippen LogP contribution in [0.15, 0.2) is 24.3 Å². The van der Waals surface area contributed by atoms with Gasteiger partial charge in [-0.3, -0.25) is 4.79 Å². The zero-order chi connectivity index (χ0) is 17.7. The van der Waals surface area contributed by atoms with Gasteiger partial charge < -0.3 is 19.7 Å². The van der Waals surface area contributed by atoms with E-state index in [1.807, 2.05) is 42.7 Å². The van der Waals surface area contributed by atoms with Crippen molar-refractivity contribution in [3.63, 3.8) is 0 Å². The topological polar surface area (TPSA) is 63.5 Å². The molecule has 0 saturated carbocycles. The van der Waals surface area contributed by atoms with E-state index in [1.54, 1.807) is 7.11 Å². The number of carbonyl (C=O) groups excluding carboxylic acids is 1. The number of ether oxygens (including phenoxy) is 1. The molecule has 0 aliphatic rings. The van der Waals surface area contributed by atoms with Crippen molar-refractivity contribution in [2.45, 2.75) is 32.9 Å². The molecule has 0 radical (unpaired) electrons. The molecule has 0 spiro atoms. The Hall–Kier alpha value is -1.56. The van der Waals surface area contributed by atoms with E-state index in [-0.39, 0.29) is 24.5 Å². The third-order valence-electron chi connectivity index (χ3n) is 4.46. The van der Waals surface area contributed by atoms with Gasteiger partial charge in [-0.15, -0.1) is 0 Å². The van der Waals surface area contributed by atoms with Crippen molar-refractivity contribution >= 4 is 28.4 Å². The van der Waals surface area contributed by atoms with Crippen molar-refractivity contribution in [3.8, 4) is 0 Å². The summed E-state index contributed by atoms with van der Waals surface area (Å²) in [5, 5.41) is 14.0. The average Bonchev–Trinajstić information content (AvgIpc) is 2.94. The average molecular weight is 353 g/mol. The number of benzene rings is 1. The quantitative estimate of drug-likeness (QED) is 0.767. The van der Waals surface area contributed by atoms with Crippen LogP contribution in [0.4, 0.5) is 0 Å². The number of aromatic nitrogens is 1. The summed E-state index contributed by atoms with van der Waals surface area (Å²) in [5.41, 5.74) is 1.48. The number of hydrogen-bond donors (Lipinski definition) is 2. The first-order valence-electron chi connectivity index (χ1n) is 8.21. The van der Waals surface area contributed by atoms with Gasteiger partial charge in [-0.2, -0.15) is 0 Å². The first kappa shape index (κ1) is 18.8. The number of aliphatic hydroxyl groups excluding tert-OH is 1. The lowest BCUT2D eigenvalue weighted by Gasteiger charge is -2.22. The second-order valence-electron chi connectivity index (χ2n) is 6.03. The highest BCUT2D eigenvalue weighted by Crippen LogP contribution is 2.24. The highest BCUT2D eigenvalue weighted by atomic mass is 35.5. The van der Waals surface area contributed by atoms with Gasteiger partial charge in [0.05, 0.1) is 19.3 Å². The fraction of sp³-hybridized carbons (Fsp3) is 0.500. The summed E-state index contributed by atoms with van der Waals surface area (Å²) >= 11 is 6.06. The number of hydrogen-bond acceptors (Lipinski definition) is 3. The number of nitrogens with zero attached hydrogens (tertiary/aromatic N) is 1. The van der Waals surface area contributed by atoms with Gasteiger partial charge in [0.25, 0.3) is 5.91 Å². The number of rotatable bonds is 8. The van der Waals surface area contributed by atoms with Crippen LogP contribution in [-0.2, 0) is 11.3 Å². The second kappa shape index (κ2) is 8.51. The number of carbonyl (C=O) groups is 1. The zero-order valence-corrected chi connectivity index (χ0v) is 15.1. The standard InChI is InChI=1S/C18H25ClN2O3/c1-4-12(2)15(11-22)20-18(23)17-10-13-9-14(19)5-6-16(13)21(17)7-8-24-3/h5-6,9-10,12,15,22H,4,7-8,11H2,1-3H3,(H,20,23)/t12-,15-/m0/s1. The first-order valence-corrected chi connectivity index (χ1v) is 8.59. The molecule has 0 aliphatic carbocycles. The van der Waals surface area contributed by atoms with Gasteiger partial charge in [-0.1, -0.05) is 31.9 Å². The van der Waals surface area contributed by atoms with Gasteiger partial charge in [0.2, 0.25) is 0 Å².